The fourth-order valence-corrected chi connectivity index (χ4v) is 4.23. The molecule has 5 rings (SSSR count). The summed E-state index contributed by atoms with van der Waals surface area (Å²) >= 11 is 0. The second-order valence-corrected chi connectivity index (χ2v) is 7.94. The van der Waals surface area contributed by atoms with Crippen LogP contribution in [0.4, 0.5) is 10.2 Å². The highest BCUT2D eigenvalue weighted by Gasteiger charge is 2.27. The number of nitrogens with zero attached hydrogens (tertiary/aromatic N) is 4. The van der Waals surface area contributed by atoms with Crippen LogP contribution in [0.5, 0.6) is 0 Å². The van der Waals surface area contributed by atoms with Gasteiger partial charge in [0.2, 0.25) is 0 Å². The first-order valence-electron chi connectivity index (χ1n) is 10.4. The van der Waals surface area contributed by atoms with E-state index in [1.54, 1.807) is 12.1 Å². The van der Waals surface area contributed by atoms with Gasteiger partial charge >= 0.3 is 0 Å². The number of aromatic nitrogens is 3. The highest BCUT2D eigenvalue weighted by Crippen LogP contribution is 2.33. The number of halogens is 1. The van der Waals surface area contributed by atoms with Crippen molar-refractivity contribution >= 4 is 5.82 Å². The van der Waals surface area contributed by atoms with Crippen molar-refractivity contribution in [2.75, 3.05) is 11.4 Å². The number of benzene rings is 2. The third-order valence-corrected chi connectivity index (χ3v) is 5.78. The van der Waals surface area contributed by atoms with E-state index in [0.29, 0.717) is 6.54 Å². The molecule has 5 nitrogen and oxygen atoms in total. The molecule has 0 saturated heterocycles. The summed E-state index contributed by atoms with van der Waals surface area (Å²) in [7, 11) is 0. The van der Waals surface area contributed by atoms with Gasteiger partial charge in [0, 0.05) is 35.3 Å². The molecule has 1 aliphatic rings. The van der Waals surface area contributed by atoms with Gasteiger partial charge in [0.05, 0.1) is 6.54 Å². The first-order valence-corrected chi connectivity index (χ1v) is 10.4. The molecular weight excluding hydrogens is 391 g/mol. The van der Waals surface area contributed by atoms with Crippen LogP contribution in [0.3, 0.4) is 0 Å². The lowest BCUT2D eigenvalue weighted by atomic mass is 9.99. The summed E-state index contributed by atoms with van der Waals surface area (Å²) in [5.41, 5.74) is 6.23. The summed E-state index contributed by atoms with van der Waals surface area (Å²) in [6.45, 7) is 5.41. The minimum Gasteiger partial charge on any atom is -0.356 e. The maximum absolute atomic E-state index is 13.3. The number of hydrogen-bond donors (Lipinski definition) is 0. The molecule has 0 spiro atoms. The molecular formula is C25H23FN4O. The Labute approximate surface area is 180 Å². The zero-order valence-electron chi connectivity index (χ0n) is 17.6. The molecule has 2 aromatic heterocycles. The Kier molecular flexibility index (Phi) is 4.98. The predicted molar refractivity (Wildman–Crippen MR) is 117 cm³/mol. The van der Waals surface area contributed by atoms with Crippen LogP contribution >= 0.6 is 0 Å². The van der Waals surface area contributed by atoms with Crippen molar-refractivity contribution in [1.82, 2.24) is 15.1 Å². The van der Waals surface area contributed by atoms with Gasteiger partial charge in [0.1, 0.15) is 23.2 Å². The van der Waals surface area contributed by atoms with E-state index in [0.717, 1.165) is 64.9 Å². The van der Waals surface area contributed by atoms with Crippen molar-refractivity contribution in [2.45, 2.75) is 33.2 Å². The molecule has 31 heavy (non-hydrogen) atoms. The van der Waals surface area contributed by atoms with Gasteiger partial charge in [0.15, 0.2) is 5.76 Å². The monoisotopic (exact) mass is 414 g/mol. The van der Waals surface area contributed by atoms with Crippen LogP contribution in [-0.4, -0.2) is 21.7 Å². The first kappa shape index (κ1) is 19.4. The number of fused-ring (bicyclic) bond motifs is 1. The molecule has 3 heterocycles. The standard InChI is InChI=1S/C25H23FN4O/c1-16-22(14-18-6-4-3-5-7-18)25(28-17(2)27-16)30-13-12-21-23(15-30)29-31-24(21)19-8-10-20(26)11-9-19/h3-11H,12-15H2,1-2H3. The third kappa shape index (κ3) is 3.81. The Morgan fingerprint density at radius 2 is 1.77 bits per heavy atom. The first-order chi connectivity index (χ1) is 15.1. The van der Waals surface area contributed by atoms with Crippen LogP contribution in [0.2, 0.25) is 0 Å². The number of hydrogen-bond acceptors (Lipinski definition) is 5. The largest absolute Gasteiger partial charge is 0.356 e. The van der Waals surface area contributed by atoms with Gasteiger partial charge in [-0.2, -0.15) is 0 Å². The molecule has 156 valence electrons. The lowest BCUT2D eigenvalue weighted by Crippen LogP contribution is -2.32. The molecule has 0 bridgehead atoms. The van der Waals surface area contributed by atoms with Crippen molar-refractivity contribution < 1.29 is 8.91 Å². The Balaban J connectivity index is 1.47. The number of aryl methyl sites for hydroxylation is 2. The molecule has 6 heteroatoms. The minimum absolute atomic E-state index is 0.260. The molecule has 4 aromatic rings. The van der Waals surface area contributed by atoms with E-state index in [1.165, 1.54) is 17.7 Å². The van der Waals surface area contributed by atoms with Crippen molar-refractivity contribution in [2.24, 2.45) is 0 Å². The van der Waals surface area contributed by atoms with Gasteiger partial charge in [-0.15, -0.1) is 0 Å². The van der Waals surface area contributed by atoms with Gasteiger partial charge in [-0.1, -0.05) is 35.5 Å². The van der Waals surface area contributed by atoms with Gasteiger partial charge in [0.25, 0.3) is 0 Å². The van der Waals surface area contributed by atoms with E-state index >= 15 is 0 Å². The molecule has 0 radical (unpaired) electrons. The van der Waals surface area contributed by atoms with Crippen LogP contribution in [0.1, 0.15) is 33.9 Å². The average Bonchev–Trinajstić information content (AvgIpc) is 3.20. The van der Waals surface area contributed by atoms with Crippen molar-refractivity contribution in [3.63, 3.8) is 0 Å². The normalized spacial score (nSPS) is 13.3. The maximum atomic E-state index is 13.3. The zero-order chi connectivity index (χ0) is 21.4. The summed E-state index contributed by atoms with van der Waals surface area (Å²) in [6.07, 6.45) is 1.57. The summed E-state index contributed by atoms with van der Waals surface area (Å²) in [5.74, 6) is 2.20. The molecule has 0 saturated carbocycles. The Hall–Kier alpha value is -3.54. The third-order valence-electron chi connectivity index (χ3n) is 5.78. The van der Waals surface area contributed by atoms with E-state index in [4.69, 9.17) is 9.51 Å². The number of anilines is 1. The van der Waals surface area contributed by atoms with E-state index in [1.807, 2.05) is 13.0 Å². The Morgan fingerprint density at radius 3 is 2.55 bits per heavy atom. The second kappa shape index (κ2) is 7.95. The molecule has 0 atom stereocenters. The molecule has 0 N–H and O–H groups in total. The predicted octanol–water partition coefficient (Wildman–Crippen LogP) is 5.04. The second-order valence-electron chi connectivity index (χ2n) is 7.94. The molecule has 0 unspecified atom stereocenters. The fourth-order valence-electron chi connectivity index (χ4n) is 4.23. The highest BCUT2D eigenvalue weighted by molar-refractivity contribution is 5.63. The van der Waals surface area contributed by atoms with Gasteiger partial charge in [-0.25, -0.2) is 14.4 Å². The van der Waals surface area contributed by atoms with Crippen LogP contribution in [0, 0.1) is 19.7 Å². The summed E-state index contributed by atoms with van der Waals surface area (Å²) in [6, 6.07) is 16.8. The Morgan fingerprint density at radius 1 is 1.00 bits per heavy atom. The average molecular weight is 414 g/mol. The Bertz CT molecular complexity index is 1220. The van der Waals surface area contributed by atoms with Gasteiger partial charge in [-0.05, 0) is 50.1 Å². The van der Waals surface area contributed by atoms with Gasteiger partial charge < -0.3 is 9.42 Å². The van der Waals surface area contributed by atoms with Gasteiger partial charge in [-0.3, -0.25) is 0 Å². The SMILES string of the molecule is Cc1nc(C)c(Cc2ccccc2)c(N2CCc3c(noc3-c3ccc(F)cc3)C2)n1. The lowest BCUT2D eigenvalue weighted by molar-refractivity contribution is 0.423. The fraction of sp³-hybridized carbons (Fsp3) is 0.240. The smallest absolute Gasteiger partial charge is 0.170 e. The van der Waals surface area contributed by atoms with E-state index in [9.17, 15) is 4.39 Å². The number of rotatable bonds is 4. The van der Waals surface area contributed by atoms with Crippen molar-refractivity contribution in [1.29, 1.82) is 0 Å². The van der Waals surface area contributed by atoms with E-state index in [2.05, 4.69) is 46.2 Å². The van der Waals surface area contributed by atoms with Crippen molar-refractivity contribution in [3.8, 4) is 11.3 Å². The summed E-state index contributed by atoms with van der Waals surface area (Å²) < 4.78 is 19.0. The van der Waals surface area contributed by atoms with E-state index < -0.39 is 0 Å². The molecule has 0 amide bonds. The van der Waals surface area contributed by atoms with Crippen LogP contribution in [0.25, 0.3) is 11.3 Å². The molecule has 2 aromatic carbocycles. The van der Waals surface area contributed by atoms with Crippen molar-refractivity contribution in [3.05, 3.63) is 94.3 Å². The lowest BCUT2D eigenvalue weighted by Gasteiger charge is -2.29. The van der Waals surface area contributed by atoms with Crippen LogP contribution < -0.4 is 4.90 Å². The quantitative estimate of drug-likeness (QED) is 0.468. The summed E-state index contributed by atoms with van der Waals surface area (Å²) in [5, 5.41) is 4.34. The van der Waals surface area contributed by atoms with Crippen LogP contribution in [0.15, 0.2) is 59.1 Å². The maximum Gasteiger partial charge on any atom is 0.170 e. The topological polar surface area (TPSA) is 55.1 Å². The molecule has 0 fully saturated rings. The molecule has 0 aliphatic carbocycles. The highest BCUT2D eigenvalue weighted by atomic mass is 19.1. The minimum atomic E-state index is -0.260. The summed E-state index contributed by atoms with van der Waals surface area (Å²) in [4.78, 5) is 11.7. The molecule has 1 aliphatic heterocycles. The van der Waals surface area contributed by atoms with E-state index in [-0.39, 0.29) is 5.82 Å². The zero-order valence-corrected chi connectivity index (χ0v) is 17.6. The van der Waals surface area contributed by atoms with Crippen LogP contribution in [-0.2, 0) is 19.4 Å².